The summed E-state index contributed by atoms with van der Waals surface area (Å²) in [4.78, 5) is 14.5. The molecule has 1 unspecified atom stereocenters. The second-order valence-electron chi connectivity index (χ2n) is 14.0. The first-order valence-corrected chi connectivity index (χ1v) is 18.4. The number of ether oxygens (including phenoxy) is 2. The van der Waals surface area contributed by atoms with Crippen LogP contribution in [0.2, 0.25) is 0 Å². The zero-order valence-corrected chi connectivity index (χ0v) is 31.0. The number of fused-ring (bicyclic) bond motifs is 3. The Morgan fingerprint density at radius 1 is 0.898 bits per heavy atom. The second kappa shape index (κ2) is 15.4. The SMILES string of the molecule is COC(C)(C)C.Cc1ccc(-c2c(C)c3c(c(C)c2CC(=O)O)N(S(C)=O)Cc2cc(-c4cccc(CN5CCOCC5)c4)ccc2-3)cc1. The Morgan fingerprint density at radius 3 is 2.14 bits per heavy atom. The maximum Gasteiger partial charge on any atom is 0.307 e. The van der Waals surface area contributed by atoms with Crippen LogP contribution in [0.4, 0.5) is 5.69 Å². The number of anilines is 1. The molecule has 2 heterocycles. The summed E-state index contributed by atoms with van der Waals surface area (Å²) in [6.45, 7) is 17.0. The minimum Gasteiger partial charge on any atom is -0.481 e. The van der Waals surface area contributed by atoms with Crippen LogP contribution < -0.4 is 4.31 Å². The van der Waals surface area contributed by atoms with Gasteiger partial charge in [-0.05, 0) is 109 Å². The average Bonchev–Trinajstić information content (AvgIpc) is 3.07. The predicted octanol–water partition coefficient (Wildman–Crippen LogP) is 8.12. The van der Waals surface area contributed by atoms with Crippen LogP contribution in [0.1, 0.15) is 54.2 Å². The van der Waals surface area contributed by atoms with E-state index < -0.39 is 17.0 Å². The third-order valence-electron chi connectivity index (χ3n) is 9.40. The van der Waals surface area contributed by atoms with Crippen LogP contribution in [-0.4, -0.2) is 65.5 Å². The molecule has 49 heavy (non-hydrogen) atoms. The van der Waals surface area contributed by atoms with E-state index in [1.165, 1.54) is 5.56 Å². The fraction of sp³-hybridized carbons (Fsp3) is 0.390. The van der Waals surface area contributed by atoms with Crippen molar-refractivity contribution in [1.82, 2.24) is 4.90 Å². The molecule has 0 saturated carbocycles. The first-order valence-electron chi connectivity index (χ1n) is 16.9. The first kappa shape index (κ1) is 36.5. The number of aliphatic carboxylic acids is 1. The predicted molar refractivity (Wildman–Crippen MR) is 201 cm³/mol. The van der Waals surface area contributed by atoms with Gasteiger partial charge >= 0.3 is 5.97 Å². The number of carboxylic acids is 1. The molecule has 0 bridgehead atoms. The summed E-state index contributed by atoms with van der Waals surface area (Å²) in [6.07, 6.45) is 1.60. The van der Waals surface area contributed by atoms with Gasteiger partial charge in [0, 0.05) is 38.6 Å². The minimum absolute atomic E-state index is 0.0417. The van der Waals surface area contributed by atoms with Gasteiger partial charge in [-0.25, -0.2) is 4.21 Å². The van der Waals surface area contributed by atoms with E-state index in [2.05, 4.69) is 78.6 Å². The molecule has 1 fully saturated rings. The van der Waals surface area contributed by atoms with Gasteiger partial charge in [-0.3, -0.25) is 14.0 Å². The van der Waals surface area contributed by atoms with Gasteiger partial charge in [-0.15, -0.1) is 0 Å². The van der Waals surface area contributed by atoms with E-state index >= 15 is 0 Å². The smallest absolute Gasteiger partial charge is 0.307 e. The largest absolute Gasteiger partial charge is 0.481 e. The normalized spacial score (nSPS) is 15.1. The summed E-state index contributed by atoms with van der Waals surface area (Å²) < 4.78 is 25.6. The highest BCUT2D eigenvalue weighted by Gasteiger charge is 2.32. The summed E-state index contributed by atoms with van der Waals surface area (Å²) in [5, 5.41) is 9.90. The zero-order valence-electron chi connectivity index (χ0n) is 30.2. The molecule has 260 valence electrons. The highest BCUT2D eigenvalue weighted by Crippen LogP contribution is 2.49. The van der Waals surface area contributed by atoms with Crippen molar-refractivity contribution in [3.05, 3.63) is 100 Å². The van der Waals surface area contributed by atoms with Crippen LogP contribution in [0, 0.1) is 20.8 Å². The Balaban J connectivity index is 0.000000717. The zero-order chi connectivity index (χ0) is 35.5. The molecule has 0 spiro atoms. The number of methoxy groups -OCH3 is 1. The number of hydrogen-bond donors (Lipinski definition) is 1. The molecule has 7 nitrogen and oxygen atoms in total. The Morgan fingerprint density at radius 2 is 1.53 bits per heavy atom. The third kappa shape index (κ3) is 8.50. The van der Waals surface area contributed by atoms with Crippen molar-refractivity contribution >= 4 is 22.6 Å². The molecular formula is C41H50N2O5S. The maximum atomic E-state index is 13.3. The standard InChI is InChI=1S/C36H38N2O4S.C5H12O/c1-23-8-10-27(11-9-23)34-25(3)35-31-13-12-29(28-7-5-6-26(18-28)21-37-14-16-42-17-15-37)19-30(31)22-38(43(4)41)36(35)24(2)32(34)20-33(39)40;1-5(2,3)6-4/h5-13,18-19H,14-17,20-22H2,1-4H3,(H,39,40);1-4H3. The Hall–Kier alpha value is -3.82. The topological polar surface area (TPSA) is 79.3 Å². The summed E-state index contributed by atoms with van der Waals surface area (Å²) in [7, 11) is 0.405. The van der Waals surface area contributed by atoms with E-state index in [9.17, 15) is 14.1 Å². The minimum atomic E-state index is -1.30. The Labute approximate surface area is 294 Å². The number of benzene rings is 4. The lowest BCUT2D eigenvalue weighted by Crippen LogP contribution is -2.35. The van der Waals surface area contributed by atoms with Gasteiger partial charge in [-0.2, -0.15) is 0 Å². The van der Waals surface area contributed by atoms with Crippen LogP contribution in [-0.2, 0) is 44.8 Å². The lowest BCUT2D eigenvalue weighted by atomic mass is 9.80. The van der Waals surface area contributed by atoms with Crippen molar-refractivity contribution in [1.29, 1.82) is 0 Å². The van der Waals surface area contributed by atoms with Gasteiger partial charge < -0.3 is 14.6 Å². The summed E-state index contributed by atoms with van der Waals surface area (Å²) in [6, 6.07) is 23.6. The molecule has 0 aliphatic carbocycles. The second-order valence-corrected chi connectivity index (χ2v) is 15.3. The number of aryl methyl sites for hydroxylation is 1. The lowest BCUT2D eigenvalue weighted by molar-refractivity contribution is -0.136. The van der Waals surface area contributed by atoms with Gasteiger partial charge in [0.15, 0.2) is 0 Å². The highest BCUT2D eigenvalue weighted by atomic mass is 32.2. The van der Waals surface area contributed by atoms with Crippen LogP contribution >= 0.6 is 0 Å². The van der Waals surface area contributed by atoms with Gasteiger partial charge in [0.1, 0.15) is 11.0 Å². The third-order valence-corrected chi connectivity index (χ3v) is 10.3. The number of morpholine rings is 1. The molecule has 0 radical (unpaired) electrons. The molecule has 2 aliphatic heterocycles. The molecule has 4 aromatic rings. The van der Waals surface area contributed by atoms with Gasteiger partial charge in [-0.1, -0.05) is 60.2 Å². The van der Waals surface area contributed by atoms with Crippen LogP contribution in [0.25, 0.3) is 33.4 Å². The molecule has 8 heteroatoms. The summed E-state index contributed by atoms with van der Waals surface area (Å²) in [5.41, 5.74) is 13.5. The van der Waals surface area contributed by atoms with E-state index in [0.717, 1.165) is 99.7 Å². The van der Waals surface area contributed by atoms with Gasteiger partial charge in [0.05, 0.1) is 37.5 Å². The molecule has 2 aliphatic rings. The molecule has 1 atom stereocenters. The quantitative estimate of drug-likeness (QED) is 0.212. The van der Waals surface area contributed by atoms with Crippen LogP contribution in [0.5, 0.6) is 0 Å². The fourth-order valence-corrected chi connectivity index (χ4v) is 7.45. The Kier molecular flexibility index (Phi) is 11.4. The number of carbonyl (C=O) groups is 1. The maximum absolute atomic E-state index is 13.3. The van der Waals surface area contributed by atoms with Gasteiger partial charge in [0.25, 0.3) is 0 Å². The van der Waals surface area contributed by atoms with Crippen molar-refractivity contribution in [2.45, 2.75) is 66.7 Å². The molecule has 1 saturated heterocycles. The highest BCUT2D eigenvalue weighted by molar-refractivity contribution is 7.85. The molecule has 4 aromatic carbocycles. The van der Waals surface area contributed by atoms with E-state index in [1.54, 1.807) is 13.4 Å². The molecule has 0 amide bonds. The van der Waals surface area contributed by atoms with E-state index in [0.29, 0.717) is 6.54 Å². The van der Waals surface area contributed by atoms with E-state index in [-0.39, 0.29) is 12.0 Å². The number of hydrogen-bond acceptors (Lipinski definition) is 5. The van der Waals surface area contributed by atoms with E-state index in [1.807, 2.05) is 38.9 Å². The fourth-order valence-electron chi connectivity index (χ4n) is 6.64. The molecule has 6 rings (SSSR count). The lowest BCUT2D eigenvalue weighted by Gasteiger charge is -2.35. The molecule has 1 N–H and O–H groups in total. The van der Waals surface area contributed by atoms with E-state index in [4.69, 9.17) is 9.47 Å². The number of carboxylic acid groups (broad SMARTS) is 1. The van der Waals surface area contributed by atoms with Crippen molar-refractivity contribution in [3.63, 3.8) is 0 Å². The molecule has 0 aromatic heterocycles. The molecular weight excluding hydrogens is 633 g/mol. The number of nitrogens with zero attached hydrogens (tertiary/aromatic N) is 2. The Bertz CT molecular complexity index is 1840. The first-order chi connectivity index (χ1) is 23.3. The summed E-state index contributed by atoms with van der Waals surface area (Å²) in [5.74, 6) is -0.878. The van der Waals surface area contributed by atoms with Crippen LogP contribution in [0.15, 0.2) is 66.7 Å². The monoisotopic (exact) mass is 682 g/mol. The van der Waals surface area contributed by atoms with Crippen molar-refractivity contribution < 1.29 is 23.6 Å². The number of rotatable bonds is 7. The van der Waals surface area contributed by atoms with Crippen molar-refractivity contribution in [2.75, 3.05) is 44.0 Å². The van der Waals surface area contributed by atoms with Crippen LogP contribution in [0.3, 0.4) is 0 Å². The average molecular weight is 683 g/mol. The summed E-state index contributed by atoms with van der Waals surface area (Å²) >= 11 is 0. The van der Waals surface area contributed by atoms with Gasteiger partial charge in [0.2, 0.25) is 0 Å². The van der Waals surface area contributed by atoms with Crippen molar-refractivity contribution in [3.8, 4) is 33.4 Å². The van der Waals surface area contributed by atoms with Crippen molar-refractivity contribution in [2.24, 2.45) is 0 Å².